The molecule has 19 heavy (non-hydrogen) atoms. The molecule has 2 aromatic rings. The number of rotatable bonds is 2. The van der Waals surface area contributed by atoms with Gasteiger partial charge in [0.05, 0.1) is 6.61 Å². The standard InChI is InChI=1S/C15H12ClFO2/c16-10-7-9-5-6-19-15(9)12(8-10)14(18)11-3-1-2-4-13(11)17/h1-4,7-8,14,18H,5-6H2. The van der Waals surface area contributed by atoms with E-state index >= 15 is 0 Å². The minimum absolute atomic E-state index is 0.225. The molecule has 1 unspecified atom stereocenters. The van der Waals surface area contributed by atoms with Crippen LogP contribution in [0.15, 0.2) is 36.4 Å². The van der Waals surface area contributed by atoms with Crippen molar-refractivity contribution in [3.05, 3.63) is 63.9 Å². The Morgan fingerprint density at radius 2 is 2.00 bits per heavy atom. The van der Waals surface area contributed by atoms with Gasteiger partial charge < -0.3 is 9.84 Å². The van der Waals surface area contributed by atoms with Crippen LogP contribution in [0.3, 0.4) is 0 Å². The number of benzene rings is 2. The zero-order valence-corrected chi connectivity index (χ0v) is 10.8. The minimum atomic E-state index is -1.08. The van der Waals surface area contributed by atoms with Gasteiger partial charge in [0, 0.05) is 22.6 Å². The van der Waals surface area contributed by atoms with Crippen LogP contribution in [0.5, 0.6) is 5.75 Å². The fourth-order valence-corrected chi connectivity index (χ4v) is 2.61. The van der Waals surface area contributed by atoms with Crippen LogP contribution in [-0.4, -0.2) is 11.7 Å². The summed E-state index contributed by atoms with van der Waals surface area (Å²) in [5.41, 5.74) is 1.70. The van der Waals surface area contributed by atoms with Gasteiger partial charge in [-0.05, 0) is 23.8 Å². The van der Waals surface area contributed by atoms with Crippen LogP contribution < -0.4 is 4.74 Å². The Morgan fingerprint density at radius 3 is 2.79 bits per heavy atom. The van der Waals surface area contributed by atoms with E-state index in [9.17, 15) is 9.50 Å². The molecular weight excluding hydrogens is 267 g/mol. The van der Waals surface area contributed by atoms with Crippen molar-refractivity contribution in [2.75, 3.05) is 6.61 Å². The number of aliphatic hydroxyl groups is 1. The maximum absolute atomic E-state index is 13.7. The van der Waals surface area contributed by atoms with E-state index in [1.54, 1.807) is 24.3 Å². The highest BCUT2D eigenvalue weighted by molar-refractivity contribution is 6.30. The normalized spacial score (nSPS) is 14.9. The highest BCUT2D eigenvalue weighted by atomic mass is 35.5. The summed E-state index contributed by atoms with van der Waals surface area (Å²) in [5, 5.41) is 10.9. The second kappa shape index (κ2) is 4.83. The Bertz CT molecular complexity index is 628. The van der Waals surface area contributed by atoms with Crippen molar-refractivity contribution >= 4 is 11.6 Å². The molecule has 1 aliphatic rings. The van der Waals surface area contributed by atoms with E-state index in [1.165, 1.54) is 6.07 Å². The van der Waals surface area contributed by atoms with Crippen LogP contribution in [0.25, 0.3) is 0 Å². The molecule has 0 bridgehead atoms. The first-order valence-electron chi connectivity index (χ1n) is 6.04. The average molecular weight is 279 g/mol. The largest absolute Gasteiger partial charge is 0.493 e. The van der Waals surface area contributed by atoms with Gasteiger partial charge in [0.2, 0.25) is 0 Å². The van der Waals surface area contributed by atoms with Gasteiger partial charge in [-0.25, -0.2) is 4.39 Å². The first-order chi connectivity index (χ1) is 9.16. The smallest absolute Gasteiger partial charge is 0.129 e. The predicted molar refractivity (Wildman–Crippen MR) is 71.1 cm³/mol. The van der Waals surface area contributed by atoms with Gasteiger partial charge in [0.15, 0.2) is 0 Å². The molecule has 1 heterocycles. The molecule has 1 N–H and O–H groups in total. The van der Waals surface area contributed by atoms with Crippen LogP contribution in [0.1, 0.15) is 22.8 Å². The van der Waals surface area contributed by atoms with Crippen molar-refractivity contribution in [2.45, 2.75) is 12.5 Å². The number of ether oxygens (including phenoxy) is 1. The average Bonchev–Trinajstić information content (AvgIpc) is 2.85. The van der Waals surface area contributed by atoms with Crippen LogP contribution in [0, 0.1) is 5.82 Å². The maximum atomic E-state index is 13.7. The summed E-state index contributed by atoms with van der Waals surface area (Å²) in [6.45, 7) is 0.562. The third kappa shape index (κ3) is 2.20. The Balaban J connectivity index is 2.10. The monoisotopic (exact) mass is 278 g/mol. The summed E-state index contributed by atoms with van der Waals surface area (Å²) in [6.07, 6.45) is -0.320. The van der Waals surface area contributed by atoms with Gasteiger partial charge in [-0.1, -0.05) is 29.8 Å². The molecular formula is C15H12ClFO2. The number of aliphatic hydroxyl groups excluding tert-OH is 1. The van der Waals surface area contributed by atoms with Crippen molar-refractivity contribution in [1.82, 2.24) is 0 Å². The summed E-state index contributed by atoms with van der Waals surface area (Å²) >= 11 is 6.04. The van der Waals surface area contributed by atoms with Gasteiger partial charge in [0.1, 0.15) is 17.7 Å². The van der Waals surface area contributed by atoms with Gasteiger partial charge in [-0.15, -0.1) is 0 Å². The molecule has 0 radical (unpaired) electrons. The molecule has 0 saturated carbocycles. The lowest BCUT2D eigenvalue weighted by atomic mass is 9.98. The second-order valence-electron chi connectivity index (χ2n) is 4.51. The van der Waals surface area contributed by atoms with Gasteiger partial charge in [0.25, 0.3) is 0 Å². The van der Waals surface area contributed by atoms with Crippen molar-refractivity contribution in [1.29, 1.82) is 0 Å². The van der Waals surface area contributed by atoms with E-state index in [0.29, 0.717) is 22.9 Å². The number of hydrogen-bond donors (Lipinski definition) is 1. The number of halogens is 2. The molecule has 2 nitrogen and oxygen atoms in total. The van der Waals surface area contributed by atoms with Crippen molar-refractivity contribution in [3.8, 4) is 5.75 Å². The Hall–Kier alpha value is -1.58. The van der Waals surface area contributed by atoms with E-state index in [-0.39, 0.29) is 5.56 Å². The summed E-state index contributed by atoms with van der Waals surface area (Å²) in [5.74, 6) is 0.182. The number of hydrogen-bond acceptors (Lipinski definition) is 2. The molecule has 0 saturated heterocycles. The highest BCUT2D eigenvalue weighted by Gasteiger charge is 2.24. The van der Waals surface area contributed by atoms with E-state index in [2.05, 4.69) is 0 Å². The van der Waals surface area contributed by atoms with Crippen LogP contribution in [-0.2, 0) is 6.42 Å². The van der Waals surface area contributed by atoms with E-state index in [0.717, 1.165) is 12.0 Å². The van der Waals surface area contributed by atoms with E-state index < -0.39 is 11.9 Å². The minimum Gasteiger partial charge on any atom is -0.493 e. The molecule has 0 spiro atoms. The van der Waals surface area contributed by atoms with Gasteiger partial charge >= 0.3 is 0 Å². The molecule has 4 heteroatoms. The Kier molecular flexibility index (Phi) is 3.17. The Labute approximate surface area is 115 Å². The summed E-state index contributed by atoms with van der Waals surface area (Å²) in [7, 11) is 0. The molecule has 3 rings (SSSR count). The van der Waals surface area contributed by atoms with Crippen LogP contribution in [0.4, 0.5) is 4.39 Å². The lowest BCUT2D eigenvalue weighted by Crippen LogP contribution is -2.04. The quantitative estimate of drug-likeness (QED) is 0.911. The Morgan fingerprint density at radius 1 is 1.21 bits per heavy atom. The summed E-state index contributed by atoms with van der Waals surface area (Å²) < 4.78 is 19.3. The van der Waals surface area contributed by atoms with E-state index in [1.807, 2.05) is 6.07 Å². The molecule has 1 atom stereocenters. The summed E-state index contributed by atoms with van der Waals surface area (Å²) in [4.78, 5) is 0. The van der Waals surface area contributed by atoms with Crippen LogP contribution >= 0.6 is 11.6 Å². The fraction of sp³-hybridized carbons (Fsp3) is 0.200. The molecule has 0 amide bonds. The van der Waals surface area contributed by atoms with Gasteiger partial charge in [-0.3, -0.25) is 0 Å². The fourth-order valence-electron chi connectivity index (χ4n) is 2.37. The molecule has 98 valence electrons. The topological polar surface area (TPSA) is 29.5 Å². The van der Waals surface area contributed by atoms with Gasteiger partial charge in [-0.2, -0.15) is 0 Å². The second-order valence-corrected chi connectivity index (χ2v) is 4.94. The molecule has 2 aromatic carbocycles. The summed E-state index contributed by atoms with van der Waals surface area (Å²) in [6, 6.07) is 9.61. The molecule has 1 aliphatic heterocycles. The molecule has 0 aliphatic carbocycles. The van der Waals surface area contributed by atoms with Crippen molar-refractivity contribution in [2.24, 2.45) is 0 Å². The predicted octanol–water partition coefficient (Wildman–Crippen LogP) is 3.50. The third-order valence-electron chi connectivity index (χ3n) is 3.27. The lowest BCUT2D eigenvalue weighted by Gasteiger charge is -2.16. The first-order valence-corrected chi connectivity index (χ1v) is 6.42. The third-order valence-corrected chi connectivity index (χ3v) is 3.49. The van der Waals surface area contributed by atoms with E-state index in [4.69, 9.17) is 16.3 Å². The number of fused-ring (bicyclic) bond motifs is 1. The molecule has 0 aromatic heterocycles. The van der Waals surface area contributed by atoms with Crippen molar-refractivity contribution < 1.29 is 14.2 Å². The molecule has 0 fully saturated rings. The first kappa shape index (κ1) is 12.5. The van der Waals surface area contributed by atoms with Crippen LogP contribution in [0.2, 0.25) is 5.02 Å². The highest BCUT2D eigenvalue weighted by Crippen LogP contribution is 2.38. The van der Waals surface area contributed by atoms with Crippen molar-refractivity contribution in [3.63, 3.8) is 0 Å². The zero-order valence-electron chi connectivity index (χ0n) is 10.1. The SMILES string of the molecule is OC(c1ccccc1F)c1cc(Cl)cc2c1OCC2. The zero-order chi connectivity index (χ0) is 13.4. The lowest BCUT2D eigenvalue weighted by molar-refractivity contribution is 0.208. The maximum Gasteiger partial charge on any atom is 0.129 e.